The predicted molar refractivity (Wildman–Crippen MR) is 269 cm³/mol. The van der Waals surface area contributed by atoms with E-state index < -0.39 is 0 Å². The van der Waals surface area contributed by atoms with Gasteiger partial charge in [-0.1, -0.05) is 164 Å². The summed E-state index contributed by atoms with van der Waals surface area (Å²) >= 11 is 1.81. The van der Waals surface area contributed by atoms with Gasteiger partial charge in [-0.25, -0.2) is 15.0 Å². The molecule has 5 heteroatoms. The SMILES string of the molecule is c1ccc(-c2nc(-c3ccccc3)nc(-c3cc(-c4ccccc4C4CC45c4ccccc4-c4cc6c7ccccc7n(-c7ccccc7)c6cc45)cc4c3sc3ccccc34)n2)cc1. The molecule has 12 aromatic rings. The van der Waals surface area contributed by atoms with Gasteiger partial charge in [0, 0.05) is 58.7 Å². The minimum absolute atomic E-state index is 0.153. The number of rotatable bonds is 6. The number of hydrogen-bond donors (Lipinski definition) is 0. The first kappa shape index (κ1) is 36.5. The zero-order valence-electron chi connectivity index (χ0n) is 35.2. The second-order valence-electron chi connectivity index (χ2n) is 17.5. The molecule has 2 aliphatic rings. The first-order chi connectivity index (χ1) is 32.2. The van der Waals surface area contributed by atoms with Gasteiger partial charge in [-0.2, -0.15) is 0 Å². The number of hydrogen-bond acceptors (Lipinski definition) is 4. The summed E-state index contributed by atoms with van der Waals surface area (Å²) in [6.07, 6.45) is 1.04. The second kappa shape index (κ2) is 14.0. The fraction of sp³-hybridized carbons (Fsp3) is 0.0500. The van der Waals surface area contributed by atoms with Crippen LogP contribution in [0.25, 0.3) is 104 Å². The molecule has 2 aliphatic carbocycles. The maximum Gasteiger partial charge on any atom is 0.165 e. The molecule has 65 heavy (non-hydrogen) atoms. The standard InChI is InChI=1S/C60H38N4S/c1-4-18-37(19-5-1)57-61-58(38-20-6-2-7-21-38)63-59(62-57)49-33-39(32-48-45-28-14-17-31-55(45)65-56(48)49)41-24-10-11-25-42(41)52-36-60(52)50-29-15-12-26-43(50)46-34-47-44-27-13-16-30-53(44)64(54(47)35-51(46)60)40-22-8-3-9-23-40/h1-35,52H,36H2. The van der Waals surface area contributed by atoms with Crippen molar-refractivity contribution in [1.82, 2.24) is 19.5 Å². The molecule has 3 aromatic heterocycles. The molecule has 14 rings (SSSR count). The summed E-state index contributed by atoms with van der Waals surface area (Å²) in [5, 5.41) is 5.03. The molecule has 4 nitrogen and oxygen atoms in total. The van der Waals surface area contributed by atoms with E-state index in [0.29, 0.717) is 17.5 Å². The van der Waals surface area contributed by atoms with Crippen molar-refractivity contribution < 1.29 is 0 Å². The van der Waals surface area contributed by atoms with Crippen molar-refractivity contribution in [2.75, 3.05) is 0 Å². The van der Waals surface area contributed by atoms with Crippen molar-refractivity contribution in [1.29, 1.82) is 0 Å². The summed E-state index contributed by atoms with van der Waals surface area (Å²) in [5.74, 6) is 2.27. The van der Waals surface area contributed by atoms with Gasteiger partial charge >= 0.3 is 0 Å². The van der Waals surface area contributed by atoms with E-state index in [9.17, 15) is 0 Å². The Balaban J connectivity index is 0.979. The van der Waals surface area contributed by atoms with Gasteiger partial charge in [0.15, 0.2) is 17.5 Å². The first-order valence-electron chi connectivity index (χ1n) is 22.4. The average Bonchev–Trinajstić information content (AvgIpc) is 3.77. The van der Waals surface area contributed by atoms with Gasteiger partial charge in [0.25, 0.3) is 0 Å². The third-order valence-corrected chi connectivity index (χ3v) is 15.3. The molecule has 0 amide bonds. The fourth-order valence-electron chi connectivity index (χ4n) is 11.1. The molecule has 1 saturated carbocycles. The van der Waals surface area contributed by atoms with Gasteiger partial charge in [0.1, 0.15) is 0 Å². The Morgan fingerprint density at radius 3 is 1.80 bits per heavy atom. The predicted octanol–water partition coefficient (Wildman–Crippen LogP) is 15.5. The quantitative estimate of drug-likeness (QED) is 0.167. The van der Waals surface area contributed by atoms with E-state index in [1.807, 2.05) is 47.7 Å². The molecule has 304 valence electrons. The third kappa shape index (κ3) is 5.46. The number of fused-ring (bicyclic) bond motifs is 11. The second-order valence-corrected chi connectivity index (χ2v) is 18.6. The van der Waals surface area contributed by atoms with E-state index in [-0.39, 0.29) is 11.3 Å². The smallest absolute Gasteiger partial charge is 0.165 e. The Morgan fingerprint density at radius 2 is 1.03 bits per heavy atom. The van der Waals surface area contributed by atoms with Crippen molar-refractivity contribution in [3.05, 3.63) is 229 Å². The van der Waals surface area contributed by atoms with Crippen LogP contribution >= 0.6 is 11.3 Å². The van der Waals surface area contributed by atoms with E-state index in [1.54, 1.807) is 0 Å². The van der Waals surface area contributed by atoms with Crippen LogP contribution in [0.1, 0.15) is 29.0 Å². The minimum atomic E-state index is -0.153. The maximum absolute atomic E-state index is 5.28. The van der Waals surface area contributed by atoms with E-state index >= 15 is 0 Å². The zero-order chi connectivity index (χ0) is 42.6. The minimum Gasteiger partial charge on any atom is -0.309 e. The van der Waals surface area contributed by atoms with Crippen LogP contribution < -0.4 is 0 Å². The Hall–Kier alpha value is -7.99. The van der Waals surface area contributed by atoms with Crippen LogP contribution in [0.3, 0.4) is 0 Å². The number of nitrogens with zero attached hydrogens (tertiary/aromatic N) is 4. The molecule has 2 atom stereocenters. The van der Waals surface area contributed by atoms with Crippen molar-refractivity contribution in [2.24, 2.45) is 0 Å². The lowest BCUT2D eigenvalue weighted by atomic mass is 9.85. The van der Waals surface area contributed by atoms with Gasteiger partial charge in [0.2, 0.25) is 0 Å². The monoisotopic (exact) mass is 846 g/mol. The van der Waals surface area contributed by atoms with Crippen LogP contribution in [-0.4, -0.2) is 19.5 Å². The summed E-state index contributed by atoms with van der Waals surface area (Å²) < 4.78 is 4.88. The molecule has 1 spiro atoms. The molecular weight excluding hydrogens is 809 g/mol. The average molecular weight is 847 g/mol. The van der Waals surface area contributed by atoms with Crippen LogP contribution in [0.5, 0.6) is 0 Å². The van der Waals surface area contributed by atoms with Crippen LogP contribution in [0.4, 0.5) is 0 Å². The highest BCUT2D eigenvalue weighted by Gasteiger charge is 2.62. The molecule has 0 radical (unpaired) electrons. The Morgan fingerprint density at radius 1 is 0.415 bits per heavy atom. The fourth-order valence-corrected chi connectivity index (χ4v) is 12.3. The van der Waals surface area contributed by atoms with E-state index in [2.05, 4.69) is 180 Å². The molecular formula is C60H38N4S. The number of thiophene rings is 1. The highest BCUT2D eigenvalue weighted by atomic mass is 32.1. The summed E-state index contributed by atoms with van der Waals surface area (Å²) in [6, 6.07) is 77.1. The molecule has 0 bridgehead atoms. The van der Waals surface area contributed by atoms with E-state index in [0.717, 1.165) is 23.1 Å². The highest BCUT2D eigenvalue weighted by Crippen LogP contribution is 2.71. The molecule has 0 aliphatic heterocycles. The largest absolute Gasteiger partial charge is 0.309 e. The Labute approximate surface area is 379 Å². The molecule has 2 unspecified atom stereocenters. The van der Waals surface area contributed by atoms with Crippen molar-refractivity contribution >= 4 is 53.3 Å². The summed E-state index contributed by atoms with van der Waals surface area (Å²) in [7, 11) is 0. The first-order valence-corrected chi connectivity index (χ1v) is 23.2. The van der Waals surface area contributed by atoms with Crippen molar-refractivity contribution in [3.8, 4) is 62.1 Å². The van der Waals surface area contributed by atoms with Gasteiger partial charge in [-0.3, -0.25) is 0 Å². The Bertz CT molecular complexity index is 3810. The van der Waals surface area contributed by atoms with E-state index in [1.165, 1.54) is 86.6 Å². The molecule has 1 fully saturated rings. The Kier molecular flexibility index (Phi) is 7.86. The van der Waals surface area contributed by atoms with Gasteiger partial charge in [-0.15, -0.1) is 11.3 Å². The lowest BCUT2D eigenvalue weighted by Gasteiger charge is -2.18. The lowest BCUT2D eigenvalue weighted by molar-refractivity contribution is 0.831. The molecule has 0 saturated heterocycles. The van der Waals surface area contributed by atoms with Crippen LogP contribution in [0.2, 0.25) is 0 Å². The number of benzene rings is 9. The van der Waals surface area contributed by atoms with Gasteiger partial charge in [-0.05, 0) is 99.8 Å². The van der Waals surface area contributed by atoms with E-state index in [4.69, 9.17) is 15.0 Å². The molecule has 9 aromatic carbocycles. The third-order valence-electron chi connectivity index (χ3n) is 14.0. The summed E-state index contributed by atoms with van der Waals surface area (Å²) in [5.41, 5.74) is 15.8. The number of para-hydroxylation sites is 2. The summed E-state index contributed by atoms with van der Waals surface area (Å²) in [4.78, 5) is 15.6. The van der Waals surface area contributed by atoms with Crippen molar-refractivity contribution in [2.45, 2.75) is 17.8 Å². The van der Waals surface area contributed by atoms with Gasteiger partial charge < -0.3 is 4.57 Å². The zero-order valence-corrected chi connectivity index (χ0v) is 36.0. The highest BCUT2D eigenvalue weighted by molar-refractivity contribution is 7.26. The van der Waals surface area contributed by atoms with Crippen LogP contribution in [0.15, 0.2) is 212 Å². The molecule has 0 N–H and O–H groups in total. The lowest BCUT2D eigenvalue weighted by Crippen LogP contribution is -2.08. The van der Waals surface area contributed by atoms with Crippen LogP contribution in [-0.2, 0) is 5.41 Å². The van der Waals surface area contributed by atoms with Crippen molar-refractivity contribution in [3.63, 3.8) is 0 Å². The molecule has 3 heterocycles. The maximum atomic E-state index is 5.28. The topological polar surface area (TPSA) is 43.6 Å². The van der Waals surface area contributed by atoms with Gasteiger partial charge in [0.05, 0.1) is 11.0 Å². The number of aromatic nitrogens is 4. The normalized spacial score (nSPS) is 16.2. The van der Waals surface area contributed by atoms with Crippen LogP contribution in [0, 0.1) is 0 Å². The summed E-state index contributed by atoms with van der Waals surface area (Å²) in [6.45, 7) is 0.